The fraction of sp³-hybridized carbons (Fsp3) is 0.500. The van der Waals surface area contributed by atoms with Gasteiger partial charge in [-0.2, -0.15) is 0 Å². The predicted molar refractivity (Wildman–Crippen MR) is 82.5 cm³/mol. The van der Waals surface area contributed by atoms with E-state index in [0.29, 0.717) is 13.1 Å². The van der Waals surface area contributed by atoms with E-state index >= 15 is 0 Å². The van der Waals surface area contributed by atoms with E-state index in [0.717, 1.165) is 17.7 Å². The smallest absolute Gasteiger partial charge is 0.169 e. The molecule has 0 fully saturated rings. The number of benzene rings is 1. The first kappa shape index (κ1) is 17.7. The number of rotatable bonds is 11. The Labute approximate surface area is 126 Å². The van der Waals surface area contributed by atoms with Crippen molar-refractivity contribution in [2.24, 2.45) is 0 Å². The van der Waals surface area contributed by atoms with Crippen LogP contribution in [0.4, 0.5) is 0 Å². The summed E-state index contributed by atoms with van der Waals surface area (Å²) in [7, 11) is 3.15. The van der Waals surface area contributed by atoms with Crippen LogP contribution < -0.4 is 10.1 Å². The van der Waals surface area contributed by atoms with E-state index in [1.54, 1.807) is 14.2 Å². The first-order valence-electron chi connectivity index (χ1n) is 6.97. The second kappa shape index (κ2) is 10.3. The summed E-state index contributed by atoms with van der Waals surface area (Å²) in [5.74, 6) is 0.781. The minimum atomic E-state index is -0.601. The number of ether oxygens (including phenoxy) is 3. The van der Waals surface area contributed by atoms with Gasteiger partial charge in [-0.05, 0) is 18.1 Å². The Balaban J connectivity index is 2.32. The van der Waals surface area contributed by atoms with Gasteiger partial charge in [0.1, 0.15) is 18.5 Å². The quantitative estimate of drug-likeness (QED) is 0.477. The van der Waals surface area contributed by atoms with Crippen LogP contribution in [0.2, 0.25) is 0 Å². The largest absolute Gasteiger partial charge is 0.491 e. The Kier molecular flexibility index (Phi) is 8.69. The molecule has 21 heavy (non-hydrogen) atoms. The molecule has 0 aliphatic heterocycles. The molecule has 0 aliphatic carbocycles. The van der Waals surface area contributed by atoms with Gasteiger partial charge in [0.05, 0.1) is 0 Å². The molecule has 0 amide bonds. The third-order valence-corrected chi connectivity index (χ3v) is 2.98. The molecule has 0 bridgehead atoms. The van der Waals surface area contributed by atoms with Crippen molar-refractivity contribution in [3.8, 4) is 5.75 Å². The number of hydrogen-bond donors (Lipinski definition) is 2. The minimum Gasteiger partial charge on any atom is -0.491 e. The standard InChI is InChI=1S/C16H25NO4/c1-4-7-13-8-5-6-9-15(13)21-12-14(18)10-17-11-16(19-2)20-3/h4-6,8-9,14,16-18H,1,7,10-12H2,2-3H3. The summed E-state index contributed by atoms with van der Waals surface area (Å²) in [4.78, 5) is 0. The van der Waals surface area contributed by atoms with Gasteiger partial charge in [0.25, 0.3) is 0 Å². The molecule has 1 unspecified atom stereocenters. The van der Waals surface area contributed by atoms with E-state index in [9.17, 15) is 5.11 Å². The molecule has 1 aromatic carbocycles. The van der Waals surface area contributed by atoms with Crippen molar-refractivity contribution in [3.05, 3.63) is 42.5 Å². The molecule has 0 saturated heterocycles. The number of para-hydroxylation sites is 1. The second-order valence-electron chi connectivity index (χ2n) is 4.62. The van der Waals surface area contributed by atoms with Crippen molar-refractivity contribution in [1.82, 2.24) is 5.32 Å². The van der Waals surface area contributed by atoms with Crippen molar-refractivity contribution in [2.45, 2.75) is 18.8 Å². The lowest BCUT2D eigenvalue weighted by Gasteiger charge is -2.17. The lowest BCUT2D eigenvalue weighted by atomic mass is 10.1. The lowest BCUT2D eigenvalue weighted by Crippen LogP contribution is -2.37. The summed E-state index contributed by atoms with van der Waals surface area (Å²) >= 11 is 0. The van der Waals surface area contributed by atoms with Crippen LogP contribution >= 0.6 is 0 Å². The van der Waals surface area contributed by atoms with Crippen molar-refractivity contribution in [3.63, 3.8) is 0 Å². The summed E-state index contributed by atoms with van der Waals surface area (Å²) in [5.41, 5.74) is 1.06. The highest BCUT2D eigenvalue weighted by molar-refractivity contribution is 5.34. The minimum absolute atomic E-state index is 0.228. The number of allylic oxidation sites excluding steroid dienone is 1. The zero-order valence-corrected chi connectivity index (χ0v) is 12.7. The molecule has 0 aliphatic rings. The topological polar surface area (TPSA) is 60.0 Å². The van der Waals surface area contributed by atoms with Crippen LogP contribution in [-0.2, 0) is 15.9 Å². The summed E-state index contributed by atoms with van der Waals surface area (Å²) in [6.07, 6.45) is 1.66. The van der Waals surface area contributed by atoms with Crippen LogP contribution in [0, 0.1) is 0 Å². The summed E-state index contributed by atoms with van der Waals surface area (Å²) in [6.45, 7) is 4.88. The van der Waals surface area contributed by atoms with E-state index < -0.39 is 6.10 Å². The molecule has 5 nitrogen and oxygen atoms in total. The zero-order chi connectivity index (χ0) is 15.5. The molecular formula is C16H25NO4. The highest BCUT2D eigenvalue weighted by atomic mass is 16.7. The van der Waals surface area contributed by atoms with Crippen LogP contribution in [0.5, 0.6) is 5.75 Å². The number of nitrogens with one attached hydrogen (secondary N) is 1. The normalized spacial score (nSPS) is 12.4. The molecule has 0 radical (unpaired) electrons. The maximum Gasteiger partial charge on any atom is 0.169 e. The van der Waals surface area contributed by atoms with Gasteiger partial charge in [-0.1, -0.05) is 24.3 Å². The molecule has 1 atom stereocenters. The van der Waals surface area contributed by atoms with Gasteiger partial charge in [-0.15, -0.1) is 6.58 Å². The first-order chi connectivity index (χ1) is 10.2. The van der Waals surface area contributed by atoms with Crippen LogP contribution in [0.25, 0.3) is 0 Å². The Hall–Kier alpha value is -1.40. The van der Waals surface area contributed by atoms with E-state index in [4.69, 9.17) is 14.2 Å². The Morgan fingerprint density at radius 1 is 1.24 bits per heavy atom. The second-order valence-corrected chi connectivity index (χ2v) is 4.62. The summed E-state index contributed by atoms with van der Waals surface area (Å²) in [6, 6.07) is 7.75. The maximum atomic E-state index is 9.90. The van der Waals surface area contributed by atoms with Crippen LogP contribution in [0.15, 0.2) is 36.9 Å². The molecule has 0 aromatic heterocycles. The zero-order valence-electron chi connectivity index (χ0n) is 12.7. The molecule has 118 valence electrons. The average Bonchev–Trinajstić information content (AvgIpc) is 2.51. The molecule has 1 aromatic rings. The van der Waals surface area contributed by atoms with Gasteiger partial charge in [0, 0.05) is 27.3 Å². The molecule has 5 heteroatoms. The van der Waals surface area contributed by atoms with Crippen molar-refractivity contribution in [2.75, 3.05) is 33.9 Å². The van der Waals surface area contributed by atoms with Gasteiger partial charge in [0.15, 0.2) is 6.29 Å². The molecule has 0 heterocycles. The fourth-order valence-electron chi connectivity index (χ4n) is 1.84. The Morgan fingerprint density at radius 2 is 1.95 bits per heavy atom. The van der Waals surface area contributed by atoms with E-state index in [2.05, 4.69) is 11.9 Å². The highest BCUT2D eigenvalue weighted by Crippen LogP contribution is 2.18. The maximum absolute atomic E-state index is 9.90. The van der Waals surface area contributed by atoms with Crippen molar-refractivity contribution in [1.29, 1.82) is 0 Å². The predicted octanol–water partition coefficient (Wildman–Crippen LogP) is 1.36. The number of hydrogen-bond acceptors (Lipinski definition) is 5. The van der Waals surface area contributed by atoms with Crippen molar-refractivity contribution >= 4 is 0 Å². The highest BCUT2D eigenvalue weighted by Gasteiger charge is 2.09. The number of methoxy groups -OCH3 is 2. The molecular weight excluding hydrogens is 270 g/mol. The van der Waals surface area contributed by atoms with Gasteiger partial charge in [-0.3, -0.25) is 0 Å². The third kappa shape index (κ3) is 6.73. The average molecular weight is 295 g/mol. The van der Waals surface area contributed by atoms with E-state index in [-0.39, 0.29) is 12.9 Å². The Bertz CT molecular complexity index is 407. The number of aliphatic hydroxyl groups excluding tert-OH is 1. The summed E-state index contributed by atoms with van der Waals surface area (Å²) < 4.78 is 15.8. The van der Waals surface area contributed by atoms with Gasteiger partial charge < -0.3 is 24.6 Å². The van der Waals surface area contributed by atoms with Crippen LogP contribution in [0.1, 0.15) is 5.56 Å². The molecule has 0 spiro atoms. The fourth-order valence-corrected chi connectivity index (χ4v) is 1.84. The van der Waals surface area contributed by atoms with Crippen LogP contribution in [0.3, 0.4) is 0 Å². The molecule has 0 saturated carbocycles. The van der Waals surface area contributed by atoms with Crippen molar-refractivity contribution < 1.29 is 19.3 Å². The third-order valence-electron chi connectivity index (χ3n) is 2.98. The SMILES string of the molecule is C=CCc1ccccc1OCC(O)CNCC(OC)OC. The first-order valence-corrected chi connectivity index (χ1v) is 6.97. The molecule has 2 N–H and O–H groups in total. The lowest BCUT2D eigenvalue weighted by molar-refractivity contribution is -0.0995. The van der Waals surface area contributed by atoms with E-state index in [1.165, 1.54) is 0 Å². The number of aliphatic hydroxyl groups is 1. The molecule has 1 rings (SSSR count). The van der Waals surface area contributed by atoms with Gasteiger partial charge >= 0.3 is 0 Å². The van der Waals surface area contributed by atoms with Crippen LogP contribution in [-0.4, -0.2) is 51.4 Å². The summed E-state index contributed by atoms with van der Waals surface area (Å²) in [5, 5.41) is 13.0. The Morgan fingerprint density at radius 3 is 2.62 bits per heavy atom. The van der Waals surface area contributed by atoms with Gasteiger partial charge in [0.2, 0.25) is 0 Å². The van der Waals surface area contributed by atoms with Gasteiger partial charge in [-0.25, -0.2) is 0 Å². The van der Waals surface area contributed by atoms with E-state index in [1.807, 2.05) is 30.3 Å². The monoisotopic (exact) mass is 295 g/mol.